The minimum absolute atomic E-state index is 0.0238. The number of rotatable bonds is 4. The van der Waals surface area contributed by atoms with Crippen molar-refractivity contribution < 1.29 is 28.2 Å². The van der Waals surface area contributed by atoms with E-state index in [1.165, 1.54) is 24.3 Å². The van der Waals surface area contributed by atoms with E-state index in [4.69, 9.17) is 9.47 Å². The number of hydrogen-bond acceptors (Lipinski definition) is 5. The fourth-order valence-corrected chi connectivity index (χ4v) is 2.98. The minimum Gasteiger partial charge on any atom is -0.454 e. The second-order valence-electron chi connectivity index (χ2n) is 6.47. The molecule has 2 aromatic rings. The largest absolute Gasteiger partial charge is 0.454 e. The van der Waals surface area contributed by atoms with Gasteiger partial charge in [0.25, 0.3) is 5.91 Å². The van der Waals surface area contributed by atoms with Crippen molar-refractivity contribution in [1.29, 1.82) is 0 Å². The number of nitrogens with one attached hydrogen (secondary N) is 2. The lowest BCUT2D eigenvalue weighted by molar-refractivity contribution is -0.127. The van der Waals surface area contributed by atoms with Crippen LogP contribution < -0.4 is 20.1 Å². The average Bonchev–Trinajstić information content (AvgIpc) is 3.23. The minimum atomic E-state index is -0.733. The number of halogens is 1. The molecule has 0 saturated carbocycles. The summed E-state index contributed by atoms with van der Waals surface area (Å²) in [6.45, 7) is 1.40. The molecular weight excluding hydrogens is 381 g/mol. The second kappa shape index (κ2) is 7.27. The summed E-state index contributed by atoms with van der Waals surface area (Å²) < 4.78 is 24.3. The van der Waals surface area contributed by atoms with Gasteiger partial charge in [0.15, 0.2) is 11.5 Å². The average molecular weight is 397 g/mol. The fraction of sp³-hybridized carbons (Fsp3) is 0.150. The van der Waals surface area contributed by atoms with Crippen LogP contribution in [-0.2, 0) is 9.59 Å². The molecule has 0 spiro atoms. The predicted octanol–water partition coefficient (Wildman–Crippen LogP) is 2.39. The molecule has 2 aliphatic heterocycles. The molecule has 29 heavy (non-hydrogen) atoms. The second-order valence-corrected chi connectivity index (χ2v) is 6.47. The molecule has 0 radical (unpaired) electrons. The van der Waals surface area contributed by atoms with E-state index < -0.39 is 30.2 Å². The van der Waals surface area contributed by atoms with Crippen LogP contribution in [0.3, 0.4) is 0 Å². The Hall–Kier alpha value is -3.88. The number of carbonyl (C=O) groups is 3. The summed E-state index contributed by atoms with van der Waals surface area (Å²) in [6.07, 6.45) is 1.51. The molecule has 0 bridgehead atoms. The first-order chi connectivity index (χ1) is 13.9. The molecule has 2 aromatic carbocycles. The monoisotopic (exact) mass is 397 g/mol. The van der Waals surface area contributed by atoms with Crippen LogP contribution >= 0.6 is 0 Å². The van der Waals surface area contributed by atoms with Crippen molar-refractivity contribution in [2.75, 3.05) is 18.7 Å². The van der Waals surface area contributed by atoms with Gasteiger partial charge in [0.1, 0.15) is 18.1 Å². The van der Waals surface area contributed by atoms with Crippen molar-refractivity contribution in [3.63, 3.8) is 0 Å². The lowest BCUT2D eigenvalue weighted by Crippen LogP contribution is -2.38. The molecular formula is C20H16FN3O5. The molecule has 2 aliphatic rings. The van der Waals surface area contributed by atoms with Crippen LogP contribution in [0.25, 0.3) is 6.08 Å². The summed E-state index contributed by atoms with van der Waals surface area (Å²) in [5.41, 5.74) is 1.47. The van der Waals surface area contributed by atoms with Gasteiger partial charge in [-0.15, -0.1) is 0 Å². The van der Waals surface area contributed by atoms with Gasteiger partial charge in [0, 0.05) is 0 Å². The summed E-state index contributed by atoms with van der Waals surface area (Å²) in [7, 11) is 0. The molecule has 8 nitrogen and oxygen atoms in total. The van der Waals surface area contributed by atoms with Crippen LogP contribution in [0.15, 0.2) is 42.1 Å². The van der Waals surface area contributed by atoms with Gasteiger partial charge < -0.3 is 20.1 Å². The number of imide groups is 1. The quantitative estimate of drug-likeness (QED) is 0.610. The molecule has 2 N–H and O–H groups in total. The van der Waals surface area contributed by atoms with E-state index >= 15 is 0 Å². The van der Waals surface area contributed by atoms with Crippen molar-refractivity contribution in [1.82, 2.24) is 10.2 Å². The Morgan fingerprint density at radius 1 is 1.24 bits per heavy atom. The SMILES string of the molecule is Cc1cc2c(cc1/C=C1/NC(=O)N(CC(=O)Nc3ccccc3F)C1=O)OCO2. The highest BCUT2D eigenvalue weighted by Crippen LogP contribution is 2.35. The van der Waals surface area contributed by atoms with Crippen LogP contribution in [-0.4, -0.2) is 36.1 Å². The molecule has 4 amide bonds. The predicted molar refractivity (Wildman–Crippen MR) is 101 cm³/mol. The zero-order chi connectivity index (χ0) is 20.5. The van der Waals surface area contributed by atoms with Crippen molar-refractivity contribution >= 4 is 29.6 Å². The van der Waals surface area contributed by atoms with Gasteiger partial charge >= 0.3 is 6.03 Å². The molecule has 148 valence electrons. The Balaban J connectivity index is 1.50. The molecule has 1 fully saturated rings. The molecule has 0 atom stereocenters. The Kier molecular flexibility index (Phi) is 4.63. The normalized spacial score (nSPS) is 16.3. The summed E-state index contributed by atoms with van der Waals surface area (Å²) >= 11 is 0. The standard InChI is InChI=1S/C20H16FN3O5/c1-11-6-16-17(29-10-28-16)8-12(11)7-15-19(26)24(20(27)23-15)9-18(25)22-14-5-3-2-4-13(14)21/h2-8H,9-10H2,1H3,(H,22,25)(H,23,27)/b15-7+. The number of amides is 4. The Morgan fingerprint density at radius 2 is 1.97 bits per heavy atom. The number of para-hydroxylation sites is 1. The van der Waals surface area contributed by atoms with Crippen LogP contribution in [0.1, 0.15) is 11.1 Å². The third kappa shape index (κ3) is 3.62. The third-order valence-corrected chi connectivity index (χ3v) is 4.47. The van der Waals surface area contributed by atoms with Gasteiger partial charge in [-0.05, 0) is 48.4 Å². The first-order valence-corrected chi connectivity index (χ1v) is 8.71. The maximum atomic E-state index is 13.7. The van der Waals surface area contributed by atoms with E-state index in [1.807, 2.05) is 6.92 Å². The highest BCUT2D eigenvalue weighted by molar-refractivity contribution is 6.16. The topological polar surface area (TPSA) is 97.0 Å². The maximum absolute atomic E-state index is 13.7. The van der Waals surface area contributed by atoms with E-state index in [0.29, 0.717) is 17.1 Å². The van der Waals surface area contributed by atoms with E-state index in [9.17, 15) is 18.8 Å². The molecule has 1 saturated heterocycles. The van der Waals surface area contributed by atoms with Crippen molar-refractivity contribution in [3.05, 3.63) is 59.0 Å². The number of hydrogen-bond donors (Lipinski definition) is 2. The summed E-state index contributed by atoms with van der Waals surface area (Å²) in [5.74, 6) is -0.815. The first-order valence-electron chi connectivity index (χ1n) is 8.71. The summed E-state index contributed by atoms with van der Waals surface area (Å²) in [4.78, 5) is 37.7. The lowest BCUT2D eigenvalue weighted by Gasteiger charge is -2.12. The lowest BCUT2D eigenvalue weighted by atomic mass is 10.1. The van der Waals surface area contributed by atoms with Crippen LogP contribution in [0, 0.1) is 12.7 Å². The fourth-order valence-electron chi connectivity index (χ4n) is 2.98. The number of nitrogens with zero attached hydrogens (tertiary/aromatic N) is 1. The number of aryl methyl sites for hydroxylation is 1. The van der Waals surface area contributed by atoms with E-state index in [-0.39, 0.29) is 18.2 Å². The van der Waals surface area contributed by atoms with E-state index in [2.05, 4.69) is 10.6 Å². The molecule has 0 unspecified atom stereocenters. The number of benzene rings is 2. The smallest absolute Gasteiger partial charge is 0.329 e. The summed E-state index contributed by atoms with van der Waals surface area (Å²) in [5, 5.41) is 4.79. The first kappa shape index (κ1) is 18.5. The van der Waals surface area contributed by atoms with Crippen molar-refractivity contribution in [2.45, 2.75) is 6.92 Å². The molecule has 0 aromatic heterocycles. The molecule has 0 aliphatic carbocycles. The zero-order valence-electron chi connectivity index (χ0n) is 15.3. The van der Waals surface area contributed by atoms with Gasteiger partial charge in [-0.25, -0.2) is 14.1 Å². The zero-order valence-corrected chi connectivity index (χ0v) is 15.3. The Bertz CT molecular complexity index is 1070. The van der Waals surface area contributed by atoms with E-state index in [0.717, 1.165) is 10.5 Å². The highest BCUT2D eigenvalue weighted by atomic mass is 19.1. The number of ether oxygens (including phenoxy) is 2. The van der Waals surface area contributed by atoms with Crippen LogP contribution in [0.2, 0.25) is 0 Å². The van der Waals surface area contributed by atoms with Crippen molar-refractivity contribution in [2.24, 2.45) is 0 Å². The Labute approximate surface area is 164 Å². The van der Waals surface area contributed by atoms with Gasteiger partial charge in [-0.2, -0.15) is 0 Å². The van der Waals surface area contributed by atoms with Gasteiger partial charge in [0.05, 0.1) is 5.69 Å². The number of urea groups is 1. The number of carbonyl (C=O) groups excluding carboxylic acids is 3. The maximum Gasteiger partial charge on any atom is 0.329 e. The van der Waals surface area contributed by atoms with Crippen molar-refractivity contribution in [3.8, 4) is 11.5 Å². The molecule has 9 heteroatoms. The Morgan fingerprint density at radius 3 is 2.72 bits per heavy atom. The highest BCUT2D eigenvalue weighted by Gasteiger charge is 2.35. The molecule has 2 heterocycles. The van der Waals surface area contributed by atoms with E-state index in [1.54, 1.807) is 18.2 Å². The van der Waals surface area contributed by atoms with Gasteiger partial charge in [-0.3, -0.25) is 9.59 Å². The number of fused-ring (bicyclic) bond motifs is 1. The van der Waals surface area contributed by atoms with Gasteiger partial charge in [-0.1, -0.05) is 12.1 Å². The van der Waals surface area contributed by atoms with Gasteiger partial charge in [0.2, 0.25) is 12.7 Å². The number of anilines is 1. The molecule has 4 rings (SSSR count). The third-order valence-electron chi connectivity index (χ3n) is 4.47. The summed E-state index contributed by atoms with van der Waals surface area (Å²) in [6, 6.07) is 8.36. The van der Waals surface area contributed by atoms with Crippen LogP contribution in [0.5, 0.6) is 11.5 Å². The van der Waals surface area contributed by atoms with Crippen LogP contribution in [0.4, 0.5) is 14.9 Å².